The molecule has 0 spiro atoms. The predicted molar refractivity (Wildman–Crippen MR) is 56.0 cm³/mol. The van der Waals surface area contributed by atoms with Gasteiger partial charge in [0.25, 0.3) is 0 Å². The summed E-state index contributed by atoms with van der Waals surface area (Å²) in [6.07, 6.45) is -0.189. The molecular weight excluding hydrogens is 257 g/mol. The monoisotopic (exact) mass is 268 g/mol. The third-order valence-electron chi connectivity index (χ3n) is 0.865. The van der Waals surface area contributed by atoms with Crippen LogP contribution in [0.4, 0.5) is 0 Å². The Morgan fingerprint density at radius 3 is 2.15 bits per heavy atom. The van der Waals surface area contributed by atoms with E-state index in [1.54, 1.807) is 13.8 Å². The van der Waals surface area contributed by atoms with Crippen molar-refractivity contribution >= 4 is 42.4 Å². The first kappa shape index (κ1) is 14.0. The Morgan fingerprint density at radius 2 is 1.85 bits per heavy atom. The van der Waals surface area contributed by atoms with Crippen LogP contribution in [-0.4, -0.2) is 23.2 Å². The van der Waals surface area contributed by atoms with Gasteiger partial charge in [-0.05, 0) is 13.8 Å². The van der Waals surface area contributed by atoms with Crippen LogP contribution in [0.2, 0.25) is 0 Å². The lowest BCUT2D eigenvalue weighted by Gasteiger charge is -2.19. The van der Waals surface area contributed by atoms with Crippen LogP contribution in [0.5, 0.6) is 0 Å². The summed E-state index contributed by atoms with van der Waals surface area (Å²) in [7, 11) is -3.10. The molecule has 0 N–H and O–H groups in total. The lowest BCUT2D eigenvalue weighted by Crippen LogP contribution is -2.13. The summed E-state index contributed by atoms with van der Waals surface area (Å²) in [5, 5.41) is 0. The zero-order chi connectivity index (χ0) is 10.7. The highest BCUT2D eigenvalue weighted by molar-refractivity contribution is 7.53. The molecule has 0 aromatic carbocycles. The van der Waals surface area contributed by atoms with Crippen LogP contribution in [0.3, 0.4) is 0 Å². The van der Waals surface area contributed by atoms with E-state index in [-0.39, 0.29) is 12.7 Å². The second-order valence-corrected chi connectivity index (χ2v) is 7.34. The van der Waals surface area contributed by atoms with Crippen LogP contribution in [0.1, 0.15) is 13.8 Å². The van der Waals surface area contributed by atoms with E-state index in [1.165, 1.54) is 6.66 Å². The zero-order valence-corrected chi connectivity index (χ0v) is 10.8. The molecule has 0 saturated carbocycles. The molecule has 0 fully saturated rings. The van der Waals surface area contributed by atoms with Gasteiger partial charge in [-0.25, -0.2) is 0 Å². The van der Waals surface area contributed by atoms with E-state index in [9.17, 15) is 4.57 Å². The van der Waals surface area contributed by atoms with E-state index in [2.05, 4.69) is 0 Å². The molecule has 0 aliphatic rings. The van der Waals surface area contributed by atoms with Crippen LogP contribution in [0.25, 0.3) is 0 Å². The van der Waals surface area contributed by atoms with Gasteiger partial charge in [0, 0.05) is 6.66 Å². The normalized spacial score (nSPS) is 17.5. The highest BCUT2D eigenvalue weighted by Crippen LogP contribution is 2.47. The van der Waals surface area contributed by atoms with E-state index in [0.717, 1.165) is 0 Å². The molecule has 0 aliphatic heterocycles. The molecule has 0 aromatic rings. The maximum Gasteiger partial charge on any atom is 0.328 e. The predicted octanol–water partition coefficient (Wildman–Crippen LogP) is 3.62. The minimum atomic E-state index is -3.10. The molecule has 1 unspecified atom stereocenters. The molecule has 0 amide bonds. The van der Waals surface area contributed by atoms with Crippen LogP contribution in [-0.2, 0) is 13.6 Å². The molecule has 0 heterocycles. The van der Waals surface area contributed by atoms with Crippen molar-refractivity contribution in [2.24, 2.45) is 0 Å². The van der Waals surface area contributed by atoms with Gasteiger partial charge < -0.3 is 9.05 Å². The quantitative estimate of drug-likeness (QED) is 0.577. The van der Waals surface area contributed by atoms with Crippen molar-refractivity contribution in [1.29, 1.82) is 0 Å². The van der Waals surface area contributed by atoms with Gasteiger partial charge in [0.05, 0.1) is 6.10 Å². The smallest absolute Gasteiger partial charge is 0.306 e. The van der Waals surface area contributed by atoms with Gasteiger partial charge in [-0.2, -0.15) is 0 Å². The van der Waals surface area contributed by atoms with Crippen LogP contribution < -0.4 is 0 Å². The van der Waals surface area contributed by atoms with Gasteiger partial charge in [-0.15, -0.1) is 0 Å². The Labute approximate surface area is 93.2 Å². The third-order valence-corrected chi connectivity index (χ3v) is 2.60. The number of halogens is 3. The van der Waals surface area contributed by atoms with Gasteiger partial charge in [0.2, 0.25) is 3.79 Å². The summed E-state index contributed by atoms with van der Waals surface area (Å²) in [4.78, 5) is 0. The molecule has 3 nitrogen and oxygen atoms in total. The molecule has 13 heavy (non-hydrogen) atoms. The summed E-state index contributed by atoms with van der Waals surface area (Å²) in [5.41, 5.74) is 0. The maximum atomic E-state index is 11.5. The van der Waals surface area contributed by atoms with Crippen molar-refractivity contribution in [3.05, 3.63) is 0 Å². The first-order valence-electron chi connectivity index (χ1n) is 3.59. The molecular formula is C6H12Cl3O3P. The number of hydrogen-bond acceptors (Lipinski definition) is 3. The molecule has 0 aliphatic carbocycles. The molecule has 0 radical (unpaired) electrons. The van der Waals surface area contributed by atoms with Crippen LogP contribution >= 0.6 is 42.4 Å². The summed E-state index contributed by atoms with van der Waals surface area (Å²) >= 11 is 16.2. The van der Waals surface area contributed by atoms with Crippen molar-refractivity contribution in [2.75, 3.05) is 13.3 Å². The fourth-order valence-electron chi connectivity index (χ4n) is 0.604. The lowest BCUT2D eigenvalue weighted by molar-refractivity contribution is 0.174. The Kier molecular flexibility index (Phi) is 5.61. The average Bonchev–Trinajstić information content (AvgIpc) is 1.79. The second kappa shape index (κ2) is 5.20. The topological polar surface area (TPSA) is 35.5 Å². The van der Waals surface area contributed by atoms with Crippen molar-refractivity contribution in [3.8, 4) is 0 Å². The zero-order valence-electron chi connectivity index (χ0n) is 7.59. The third kappa shape index (κ3) is 9.33. The molecule has 0 aromatic heterocycles. The van der Waals surface area contributed by atoms with E-state index in [4.69, 9.17) is 43.9 Å². The van der Waals surface area contributed by atoms with Gasteiger partial charge in [0.15, 0.2) is 0 Å². The minimum absolute atomic E-state index is 0.189. The Hall–Kier alpha value is 1.02. The first-order valence-corrected chi connectivity index (χ1v) is 6.72. The highest BCUT2D eigenvalue weighted by Gasteiger charge is 2.26. The number of hydrogen-bond donors (Lipinski definition) is 0. The maximum absolute atomic E-state index is 11.5. The first-order chi connectivity index (χ1) is 5.62. The van der Waals surface area contributed by atoms with E-state index in [0.29, 0.717) is 0 Å². The van der Waals surface area contributed by atoms with Gasteiger partial charge >= 0.3 is 7.60 Å². The summed E-state index contributed by atoms with van der Waals surface area (Å²) in [5.74, 6) is 0. The van der Waals surface area contributed by atoms with E-state index >= 15 is 0 Å². The lowest BCUT2D eigenvalue weighted by atomic mass is 10.5. The molecule has 0 rings (SSSR count). The molecule has 0 bridgehead atoms. The van der Waals surface area contributed by atoms with Crippen LogP contribution in [0.15, 0.2) is 0 Å². The Morgan fingerprint density at radius 1 is 1.38 bits per heavy atom. The summed E-state index contributed by atoms with van der Waals surface area (Å²) < 4.78 is 19.7. The van der Waals surface area contributed by atoms with E-state index in [1.807, 2.05) is 0 Å². The highest BCUT2D eigenvalue weighted by atomic mass is 35.6. The van der Waals surface area contributed by atoms with Crippen molar-refractivity contribution in [1.82, 2.24) is 0 Å². The van der Waals surface area contributed by atoms with Gasteiger partial charge in [-0.3, -0.25) is 4.57 Å². The average molecular weight is 269 g/mol. The molecule has 0 saturated heterocycles. The van der Waals surface area contributed by atoms with Crippen molar-refractivity contribution in [2.45, 2.75) is 23.7 Å². The Balaban J connectivity index is 3.97. The molecule has 1 atom stereocenters. The SMILES string of the molecule is CC(C)OP(C)(=O)OCC(Cl)(Cl)Cl. The fourth-order valence-corrected chi connectivity index (χ4v) is 2.25. The number of rotatable bonds is 4. The fraction of sp³-hybridized carbons (Fsp3) is 1.00. The standard InChI is InChI=1S/C6H12Cl3O3P/c1-5(2)12-13(3,10)11-4-6(7,8)9/h5H,4H2,1-3H3. The van der Waals surface area contributed by atoms with Crippen molar-refractivity contribution < 1.29 is 13.6 Å². The van der Waals surface area contributed by atoms with Gasteiger partial charge in [-0.1, -0.05) is 34.8 Å². The number of alkyl halides is 3. The van der Waals surface area contributed by atoms with Crippen LogP contribution in [0, 0.1) is 0 Å². The second-order valence-electron chi connectivity index (χ2n) is 2.81. The summed E-state index contributed by atoms with van der Waals surface area (Å²) in [6.45, 7) is 4.57. The Bertz CT molecular complexity index is 202. The largest absolute Gasteiger partial charge is 0.328 e. The van der Waals surface area contributed by atoms with E-state index < -0.39 is 11.4 Å². The molecule has 7 heteroatoms. The minimum Gasteiger partial charge on any atom is -0.306 e. The summed E-state index contributed by atoms with van der Waals surface area (Å²) in [6, 6.07) is 0. The molecule has 80 valence electrons. The van der Waals surface area contributed by atoms with Gasteiger partial charge in [0.1, 0.15) is 6.61 Å². The van der Waals surface area contributed by atoms with Crippen molar-refractivity contribution in [3.63, 3.8) is 0 Å².